The molecule has 1 aliphatic rings. The van der Waals surface area contributed by atoms with Gasteiger partial charge in [0.15, 0.2) is 25.5 Å². The molecule has 9 heteroatoms. The summed E-state index contributed by atoms with van der Waals surface area (Å²) in [5.41, 5.74) is 1.58. The summed E-state index contributed by atoms with van der Waals surface area (Å²) in [6, 6.07) is 5.38. The first-order valence-electron chi connectivity index (χ1n) is 7.99. The molecule has 1 aromatic carbocycles. The summed E-state index contributed by atoms with van der Waals surface area (Å²) < 4.78 is 33.0. The second-order valence-corrected chi connectivity index (χ2v) is 9.26. The lowest BCUT2D eigenvalue weighted by atomic mass is 9.95. The number of phenolic OH excluding ortho intramolecular Hbond substituents is 1. The summed E-state index contributed by atoms with van der Waals surface area (Å²) >= 11 is 0.947. The van der Waals surface area contributed by atoms with Crippen molar-refractivity contribution in [1.29, 1.82) is 0 Å². The molecule has 1 unspecified atom stereocenters. The molecule has 2 heterocycles. The molecular weight excluding hydrogens is 362 g/mol. The van der Waals surface area contributed by atoms with E-state index in [9.17, 15) is 13.5 Å². The molecule has 1 N–H and O–H groups in total. The molecular formula is C16H21N3O4S2. The van der Waals surface area contributed by atoms with Gasteiger partial charge in [0.2, 0.25) is 0 Å². The van der Waals surface area contributed by atoms with Crippen molar-refractivity contribution in [2.75, 3.05) is 26.5 Å². The first kappa shape index (κ1) is 18.1. The Morgan fingerprint density at radius 3 is 2.92 bits per heavy atom. The van der Waals surface area contributed by atoms with Crippen molar-refractivity contribution in [2.45, 2.75) is 29.5 Å². The average Bonchev–Trinajstić information content (AvgIpc) is 3.05. The Morgan fingerprint density at radius 2 is 2.24 bits per heavy atom. The number of aromatic hydroxyl groups is 1. The molecule has 1 fully saturated rings. The highest BCUT2D eigenvalue weighted by Crippen LogP contribution is 2.33. The Balaban J connectivity index is 1.74. The number of sulfone groups is 1. The summed E-state index contributed by atoms with van der Waals surface area (Å²) in [5.74, 6) is 0.632. The van der Waals surface area contributed by atoms with Crippen LogP contribution in [0.4, 0.5) is 0 Å². The van der Waals surface area contributed by atoms with E-state index in [1.165, 1.54) is 13.4 Å². The Kier molecular flexibility index (Phi) is 5.26. The lowest BCUT2D eigenvalue weighted by Crippen LogP contribution is -2.34. The van der Waals surface area contributed by atoms with Crippen LogP contribution in [0, 0.1) is 0 Å². The predicted molar refractivity (Wildman–Crippen MR) is 94.9 cm³/mol. The summed E-state index contributed by atoms with van der Waals surface area (Å²) in [6.07, 6.45) is 3.07. The summed E-state index contributed by atoms with van der Waals surface area (Å²) in [5, 5.41) is 14.0. The quantitative estimate of drug-likeness (QED) is 0.844. The van der Waals surface area contributed by atoms with E-state index in [1.54, 1.807) is 12.1 Å². The van der Waals surface area contributed by atoms with Crippen LogP contribution in [0.15, 0.2) is 22.4 Å². The van der Waals surface area contributed by atoms with Crippen LogP contribution < -0.4 is 4.74 Å². The molecule has 1 atom stereocenters. The molecule has 0 amide bonds. The second-order valence-electron chi connectivity index (χ2n) is 6.30. The molecule has 2 aromatic rings. The van der Waals surface area contributed by atoms with E-state index in [-0.39, 0.29) is 15.9 Å². The molecule has 1 aliphatic heterocycles. The first-order chi connectivity index (χ1) is 11.9. The number of piperidine rings is 1. The maximum Gasteiger partial charge on any atom is 0.188 e. The van der Waals surface area contributed by atoms with Crippen molar-refractivity contribution >= 4 is 21.4 Å². The van der Waals surface area contributed by atoms with Crippen LogP contribution in [0.3, 0.4) is 0 Å². The number of hydrogen-bond acceptors (Lipinski definition) is 8. The normalized spacial score (nSPS) is 19.0. The fourth-order valence-electron chi connectivity index (χ4n) is 3.21. The third-order valence-electron chi connectivity index (χ3n) is 4.36. The van der Waals surface area contributed by atoms with Gasteiger partial charge in [-0.3, -0.25) is 4.90 Å². The van der Waals surface area contributed by atoms with E-state index in [2.05, 4.69) is 14.5 Å². The van der Waals surface area contributed by atoms with E-state index in [1.807, 2.05) is 6.07 Å². The largest absolute Gasteiger partial charge is 0.504 e. The van der Waals surface area contributed by atoms with Gasteiger partial charge < -0.3 is 9.84 Å². The molecule has 0 spiro atoms. The third-order valence-corrected chi connectivity index (χ3v) is 6.91. The van der Waals surface area contributed by atoms with Gasteiger partial charge in [0, 0.05) is 36.8 Å². The standard InChI is InChI=1S/C16H21N3O4S2/c1-23-14-6-5-11(8-13(14)20)9-19-7-3-4-12(10-19)15-16(24-18-17-15)25(2,21)22/h5-6,8,12,20H,3-4,7,9-10H2,1-2H3. The van der Waals surface area contributed by atoms with Gasteiger partial charge in [-0.1, -0.05) is 10.6 Å². The van der Waals surface area contributed by atoms with E-state index >= 15 is 0 Å². The van der Waals surface area contributed by atoms with Crippen molar-refractivity contribution in [1.82, 2.24) is 14.5 Å². The van der Waals surface area contributed by atoms with E-state index in [0.717, 1.165) is 43.0 Å². The van der Waals surface area contributed by atoms with Crippen LogP contribution in [0.25, 0.3) is 0 Å². The fraction of sp³-hybridized carbons (Fsp3) is 0.500. The Hall–Kier alpha value is -1.71. The summed E-state index contributed by atoms with van der Waals surface area (Å²) in [6.45, 7) is 2.33. The zero-order chi connectivity index (χ0) is 18.0. The van der Waals surface area contributed by atoms with Crippen LogP contribution in [-0.4, -0.2) is 54.5 Å². The highest BCUT2D eigenvalue weighted by atomic mass is 32.2. The molecule has 0 bridgehead atoms. The van der Waals surface area contributed by atoms with Gasteiger partial charge in [-0.2, -0.15) is 0 Å². The molecule has 0 saturated carbocycles. The molecule has 7 nitrogen and oxygen atoms in total. The predicted octanol–water partition coefficient (Wildman–Crippen LogP) is 2.04. The van der Waals surface area contributed by atoms with Gasteiger partial charge in [-0.15, -0.1) is 5.10 Å². The van der Waals surface area contributed by atoms with Crippen LogP contribution in [0.1, 0.15) is 30.0 Å². The van der Waals surface area contributed by atoms with Gasteiger partial charge in [0.05, 0.1) is 12.8 Å². The number of likely N-dealkylation sites (tertiary alicyclic amines) is 1. The highest BCUT2D eigenvalue weighted by Gasteiger charge is 2.29. The third kappa shape index (κ3) is 4.10. The second kappa shape index (κ2) is 7.27. The maximum absolute atomic E-state index is 11.9. The monoisotopic (exact) mass is 383 g/mol. The minimum Gasteiger partial charge on any atom is -0.504 e. The van der Waals surface area contributed by atoms with Gasteiger partial charge in [0.1, 0.15) is 0 Å². The molecule has 25 heavy (non-hydrogen) atoms. The van der Waals surface area contributed by atoms with Crippen molar-refractivity contribution in [2.24, 2.45) is 0 Å². The summed E-state index contributed by atoms with van der Waals surface area (Å²) in [4.78, 5) is 2.25. The maximum atomic E-state index is 11.9. The number of nitrogens with zero attached hydrogens (tertiary/aromatic N) is 3. The minimum absolute atomic E-state index is 0.0593. The SMILES string of the molecule is COc1ccc(CN2CCCC(c3nnsc3S(C)(=O)=O)C2)cc1O. The number of ether oxygens (including phenoxy) is 1. The van der Waals surface area contributed by atoms with Crippen LogP contribution in [-0.2, 0) is 16.4 Å². The number of rotatable bonds is 5. The molecule has 1 aromatic heterocycles. The van der Waals surface area contributed by atoms with Crippen LogP contribution in [0.2, 0.25) is 0 Å². The first-order valence-corrected chi connectivity index (χ1v) is 10.7. The van der Waals surface area contributed by atoms with Crippen molar-refractivity contribution in [3.05, 3.63) is 29.5 Å². The molecule has 0 radical (unpaired) electrons. The molecule has 3 rings (SSSR count). The van der Waals surface area contributed by atoms with E-state index < -0.39 is 9.84 Å². The van der Waals surface area contributed by atoms with Crippen molar-refractivity contribution in [3.8, 4) is 11.5 Å². The summed E-state index contributed by atoms with van der Waals surface area (Å²) in [7, 11) is -1.78. The van der Waals surface area contributed by atoms with Gasteiger partial charge >= 0.3 is 0 Å². The van der Waals surface area contributed by atoms with Crippen LogP contribution >= 0.6 is 11.5 Å². The highest BCUT2D eigenvalue weighted by molar-refractivity contribution is 7.92. The van der Waals surface area contributed by atoms with Crippen molar-refractivity contribution < 1.29 is 18.3 Å². The van der Waals surface area contributed by atoms with Gasteiger partial charge in [0.25, 0.3) is 0 Å². The van der Waals surface area contributed by atoms with Gasteiger partial charge in [-0.25, -0.2) is 8.42 Å². The Morgan fingerprint density at radius 1 is 1.44 bits per heavy atom. The van der Waals surface area contributed by atoms with E-state index in [4.69, 9.17) is 4.74 Å². The molecule has 1 saturated heterocycles. The number of hydrogen-bond donors (Lipinski definition) is 1. The smallest absolute Gasteiger partial charge is 0.188 e. The van der Waals surface area contributed by atoms with Crippen molar-refractivity contribution in [3.63, 3.8) is 0 Å². The lowest BCUT2D eigenvalue weighted by Gasteiger charge is -2.32. The molecule has 0 aliphatic carbocycles. The zero-order valence-corrected chi connectivity index (χ0v) is 15.8. The minimum atomic E-state index is -3.30. The Labute approximate surface area is 151 Å². The van der Waals surface area contributed by atoms with E-state index in [0.29, 0.717) is 18.0 Å². The number of aromatic nitrogens is 2. The lowest BCUT2D eigenvalue weighted by molar-refractivity contribution is 0.197. The fourth-order valence-corrected chi connectivity index (χ4v) is 4.94. The number of phenols is 1. The topological polar surface area (TPSA) is 92.6 Å². The number of methoxy groups -OCH3 is 1. The van der Waals surface area contributed by atoms with Gasteiger partial charge in [-0.05, 0) is 37.1 Å². The van der Waals surface area contributed by atoms with Crippen LogP contribution in [0.5, 0.6) is 11.5 Å². The Bertz CT molecular complexity index is 851. The number of benzene rings is 1. The molecule has 136 valence electrons. The average molecular weight is 383 g/mol. The zero-order valence-electron chi connectivity index (χ0n) is 14.2.